The fourth-order valence-electron chi connectivity index (χ4n) is 3.50. The number of ether oxygens (including phenoxy) is 2. The molecular formula is C21H19Cl2F3N2O3. The zero-order valence-electron chi connectivity index (χ0n) is 16.9. The number of halogens is 5. The summed E-state index contributed by atoms with van der Waals surface area (Å²) in [6.45, 7) is 3.65. The minimum Gasteiger partial charge on any atom is -0.466 e. The predicted molar refractivity (Wildman–Crippen MR) is 112 cm³/mol. The highest BCUT2D eigenvalue weighted by molar-refractivity contribution is 6.36. The lowest BCUT2D eigenvalue weighted by Crippen LogP contribution is -2.17. The zero-order valence-corrected chi connectivity index (χ0v) is 18.5. The third kappa shape index (κ3) is 5.25. The average molecular weight is 475 g/mol. The molecule has 0 aliphatic rings. The van der Waals surface area contributed by atoms with Crippen LogP contribution in [-0.4, -0.2) is 28.5 Å². The van der Waals surface area contributed by atoms with Gasteiger partial charge < -0.3 is 14.0 Å². The van der Waals surface area contributed by atoms with E-state index in [4.69, 9.17) is 27.9 Å². The quantitative estimate of drug-likeness (QED) is 0.424. The Morgan fingerprint density at radius 1 is 1.26 bits per heavy atom. The van der Waals surface area contributed by atoms with E-state index >= 15 is 0 Å². The highest BCUT2D eigenvalue weighted by Gasteiger charge is 2.31. The van der Waals surface area contributed by atoms with Gasteiger partial charge in [0, 0.05) is 37.3 Å². The van der Waals surface area contributed by atoms with E-state index in [2.05, 4.69) is 9.72 Å². The van der Waals surface area contributed by atoms with Gasteiger partial charge in [-0.15, -0.1) is 13.2 Å². The maximum atomic E-state index is 12.6. The second-order valence-corrected chi connectivity index (χ2v) is 7.74. The molecule has 0 saturated carbocycles. The Labute approximate surface area is 186 Å². The Balaban J connectivity index is 2.01. The Morgan fingerprint density at radius 2 is 1.97 bits per heavy atom. The van der Waals surface area contributed by atoms with Crippen LogP contribution in [0.4, 0.5) is 13.2 Å². The summed E-state index contributed by atoms with van der Waals surface area (Å²) in [5.74, 6) is -0.745. The van der Waals surface area contributed by atoms with Crippen LogP contribution in [0.15, 0.2) is 24.5 Å². The van der Waals surface area contributed by atoms with Crippen LogP contribution in [0.5, 0.6) is 5.75 Å². The van der Waals surface area contributed by atoms with Crippen molar-refractivity contribution in [1.29, 1.82) is 0 Å². The summed E-state index contributed by atoms with van der Waals surface area (Å²) >= 11 is 12.8. The summed E-state index contributed by atoms with van der Waals surface area (Å²) < 4.78 is 48.6. The number of fused-ring (bicyclic) bond motifs is 1. The fourth-order valence-corrected chi connectivity index (χ4v) is 4.04. The molecule has 2 heterocycles. The lowest BCUT2D eigenvalue weighted by atomic mass is 10.0. The SMILES string of the molecule is CCOC(=O)Cc1ncc(Cl)c(Cc2cn(C)c3cc(OC(F)(F)F)cc(C)c23)c1Cl. The highest BCUT2D eigenvalue weighted by atomic mass is 35.5. The van der Waals surface area contributed by atoms with E-state index in [0.29, 0.717) is 33.8 Å². The first kappa shape index (κ1) is 23.2. The van der Waals surface area contributed by atoms with Gasteiger partial charge in [0.2, 0.25) is 0 Å². The van der Waals surface area contributed by atoms with Crippen molar-refractivity contribution in [3.63, 3.8) is 0 Å². The molecule has 2 aromatic heterocycles. The number of nitrogens with zero attached hydrogens (tertiary/aromatic N) is 2. The Bertz CT molecular complexity index is 1140. The highest BCUT2D eigenvalue weighted by Crippen LogP contribution is 2.35. The lowest BCUT2D eigenvalue weighted by Gasteiger charge is -2.12. The molecule has 0 unspecified atom stereocenters. The first-order valence-corrected chi connectivity index (χ1v) is 10.1. The van der Waals surface area contributed by atoms with E-state index in [0.717, 1.165) is 10.9 Å². The number of aromatic nitrogens is 2. The van der Waals surface area contributed by atoms with Gasteiger partial charge in [0.25, 0.3) is 0 Å². The summed E-state index contributed by atoms with van der Waals surface area (Å²) in [6, 6.07) is 2.67. The van der Waals surface area contributed by atoms with Gasteiger partial charge in [-0.05, 0) is 36.6 Å². The smallest absolute Gasteiger partial charge is 0.466 e. The molecule has 0 spiro atoms. The van der Waals surface area contributed by atoms with Gasteiger partial charge in [0.05, 0.1) is 34.3 Å². The zero-order chi connectivity index (χ0) is 22.9. The number of esters is 1. The summed E-state index contributed by atoms with van der Waals surface area (Å²) in [4.78, 5) is 16.0. The van der Waals surface area contributed by atoms with Crippen LogP contribution in [0.1, 0.15) is 29.3 Å². The fraction of sp³-hybridized carbons (Fsp3) is 0.333. The molecule has 1 aromatic carbocycles. The molecule has 0 aliphatic heterocycles. The number of hydrogen-bond donors (Lipinski definition) is 0. The summed E-state index contributed by atoms with van der Waals surface area (Å²) in [6.07, 6.45) is -1.35. The molecule has 31 heavy (non-hydrogen) atoms. The largest absolute Gasteiger partial charge is 0.573 e. The van der Waals surface area contributed by atoms with E-state index in [1.807, 2.05) is 0 Å². The second kappa shape index (κ2) is 8.96. The van der Waals surface area contributed by atoms with Crippen molar-refractivity contribution in [2.24, 2.45) is 7.05 Å². The van der Waals surface area contributed by atoms with Crippen molar-refractivity contribution in [2.45, 2.75) is 33.1 Å². The average Bonchev–Trinajstić information content (AvgIpc) is 2.96. The summed E-state index contributed by atoms with van der Waals surface area (Å²) in [5.41, 5.74) is 2.91. The van der Waals surface area contributed by atoms with Crippen LogP contribution in [0.25, 0.3) is 10.9 Å². The van der Waals surface area contributed by atoms with Gasteiger partial charge in [-0.1, -0.05) is 23.2 Å². The molecule has 0 fully saturated rings. The molecule has 0 aliphatic carbocycles. The molecule has 0 bridgehead atoms. The molecule has 10 heteroatoms. The van der Waals surface area contributed by atoms with Crippen LogP contribution in [0.2, 0.25) is 10.0 Å². The van der Waals surface area contributed by atoms with E-state index < -0.39 is 12.3 Å². The number of rotatable bonds is 6. The molecule has 0 N–H and O–H groups in total. The Hall–Kier alpha value is -2.45. The van der Waals surface area contributed by atoms with Gasteiger partial charge in [0.15, 0.2) is 0 Å². The van der Waals surface area contributed by atoms with Gasteiger partial charge in [-0.2, -0.15) is 0 Å². The molecule has 5 nitrogen and oxygen atoms in total. The Morgan fingerprint density at radius 3 is 2.61 bits per heavy atom. The summed E-state index contributed by atoms with van der Waals surface area (Å²) in [7, 11) is 1.73. The monoisotopic (exact) mass is 474 g/mol. The third-order valence-corrected chi connectivity index (χ3v) is 5.47. The Kier molecular flexibility index (Phi) is 6.71. The first-order chi connectivity index (χ1) is 14.5. The minimum absolute atomic E-state index is 0.0937. The van der Waals surface area contributed by atoms with Gasteiger partial charge in [-0.25, -0.2) is 0 Å². The van der Waals surface area contributed by atoms with Gasteiger partial charge in [0.1, 0.15) is 5.75 Å². The number of benzene rings is 1. The molecule has 3 rings (SSSR count). The van der Waals surface area contributed by atoms with Crippen LogP contribution in [0.3, 0.4) is 0 Å². The molecule has 0 atom stereocenters. The number of carbonyl (C=O) groups excluding carboxylic acids is 1. The van der Waals surface area contributed by atoms with Crippen molar-refractivity contribution >= 4 is 40.1 Å². The van der Waals surface area contributed by atoms with Crippen molar-refractivity contribution in [2.75, 3.05) is 6.61 Å². The number of pyridine rings is 1. The van der Waals surface area contributed by atoms with Crippen LogP contribution >= 0.6 is 23.2 Å². The standard InChI is InChI=1S/C21H19Cl2F3N2O3/c1-4-30-18(29)8-16-20(23)14(15(22)9-27-16)6-12-10-28(3)17-7-13(31-21(24,25)26)5-11(2)19(12)17/h5,7,9-10H,4,6,8H2,1-3H3. The van der Waals surface area contributed by atoms with E-state index in [9.17, 15) is 18.0 Å². The van der Waals surface area contributed by atoms with Gasteiger partial charge in [-0.3, -0.25) is 9.78 Å². The van der Waals surface area contributed by atoms with Crippen molar-refractivity contribution in [3.8, 4) is 5.75 Å². The van der Waals surface area contributed by atoms with Gasteiger partial charge >= 0.3 is 12.3 Å². The van der Waals surface area contributed by atoms with Crippen molar-refractivity contribution in [1.82, 2.24) is 9.55 Å². The molecule has 0 saturated heterocycles. The minimum atomic E-state index is -4.78. The van der Waals surface area contributed by atoms with Crippen LogP contribution in [0, 0.1) is 6.92 Å². The maximum Gasteiger partial charge on any atom is 0.573 e. The maximum absolute atomic E-state index is 12.6. The van der Waals surface area contributed by atoms with E-state index in [1.165, 1.54) is 18.3 Å². The molecular weight excluding hydrogens is 456 g/mol. The number of alkyl halides is 3. The normalized spacial score (nSPS) is 11.7. The lowest BCUT2D eigenvalue weighted by molar-refractivity contribution is -0.274. The van der Waals surface area contributed by atoms with E-state index in [1.54, 1.807) is 31.7 Å². The van der Waals surface area contributed by atoms with Crippen molar-refractivity contribution in [3.05, 3.63) is 57.0 Å². The number of aryl methyl sites for hydroxylation is 2. The van der Waals surface area contributed by atoms with Crippen LogP contribution < -0.4 is 4.74 Å². The second-order valence-electron chi connectivity index (χ2n) is 6.95. The first-order valence-electron chi connectivity index (χ1n) is 9.31. The molecule has 0 radical (unpaired) electrons. The van der Waals surface area contributed by atoms with Crippen molar-refractivity contribution < 1.29 is 27.4 Å². The number of hydrogen-bond acceptors (Lipinski definition) is 4. The number of carbonyl (C=O) groups is 1. The van der Waals surface area contributed by atoms with E-state index in [-0.39, 0.29) is 23.8 Å². The van der Waals surface area contributed by atoms with Crippen LogP contribution in [-0.2, 0) is 29.4 Å². The topological polar surface area (TPSA) is 53.3 Å². The molecule has 166 valence electrons. The molecule has 0 amide bonds. The summed E-state index contributed by atoms with van der Waals surface area (Å²) in [5, 5.41) is 1.35. The third-order valence-electron chi connectivity index (χ3n) is 4.70. The molecule has 3 aromatic rings. The predicted octanol–water partition coefficient (Wildman–Crippen LogP) is 5.78.